The molecule has 1 aromatic carbocycles. The van der Waals surface area contributed by atoms with E-state index in [0.717, 1.165) is 11.3 Å². The Hall–Kier alpha value is -2.87. The maximum atomic E-state index is 12.1. The quantitative estimate of drug-likeness (QED) is 0.665. The van der Waals surface area contributed by atoms with E-state index < -0.39 is 11.9 Å². The molecule has 1 aromatic heterocycles. The SMILES string of the molecule is C/C(=N/NC(=O)c1ccc2c(c1)OCO2)c1ccc(C(=O)[O-])s1. The average Bonchev–Trinajstić information content (AvgIpc) is 3.20. The highest BCUT2D eigenvalue weighted by Crippen LogP contribution is 2.32. The second-order valence-corrected chi connectivity index (χ2v) is 5.74. The summed E-state index contributed by atoms with van der Waals surface area (Å²) in [6.45, 7) is 1.81. The monoisotopic (exact) mass is 331 g/mol. The molecule has 0 unspecified atom stereocenters. The molecule has 2 aromatic rings. The lowest BCUT2D eigenvalue weighted by molar-refractivity contribution is -0.254. The van der Waals surface area contributed by atoms with Gasteiger partial charge in [-0.25, -0.2) is 5.43 Å². The molecular weight excluding hydrogens is 320 g/mol. The number of hydrazone groups is 1. The molecule has 1 aliphatic heterocycles. The fourth-order valence-corrected chi connectivity index (χ4v) is 2.72. The lowest BCUT2D eigenvalue weighted by atomic mass is 10.2. The second kappa shape index (κ2) is 6.09. The number of amides is 1. The molecular formula is C15H11N2O5S-. The number of carboxylic acid groups (broad SMARTS) is 1. The molecule has 0 atom stereocenters. The molecule has 0 spiro atoms. The average molecular weight is 331 g/mol. The number of rotatable bonds is 4. The first-order chi connectivity index (χ1) is 11.0. The zero-order valence-electron chi connectivity index (χ0n) is 12.0. The van der Waals surface area contributed by atoms with Crippen molar-refractivity contribution in [2.45, 2.75) is 6.92 Å². The molecule has 0 radical (unpaired) electrons. The van der Waals surface area contributed by atoms with Crippen LogP contribution < -0.4 is 20.0 Å². The van der Waals surface area contributed by atoms with Crippen LogP contribution in [0.5, 0.6) is 11.5 Å². The summed E-state index contributed by atoms with van der Waals surface area (Å²) in [5.74, 6) is -0.539. The van der Waals surface area contributed by atoms with E-state index in [1.165, 1.54) is 6.07 Å². The summed E-state index contributed by atoms with van der Waals surface area (Å²) in [5, 5.41) is 14.7. The predicted molar refractivity (Wildman–Crippen MR) is 80.9 cm³/mol. The van der Waals surface area contributed by atoms with Crippen LogP contribution in [0, 0.1) is 0 Å². The van der Waals surface area contributed by atoms with Crippen molar-refractivity contribution in [1.82, 2.24) is 5.43 Å². The van der Waals surface area contributed by atoms with Crippen molar-refractivity contribution in [3.63, 3.8) is 0 Å². The van der Waals surface area contributed by atoms with Crippen LogP contribution in [-0.2, 0) is 0 Å². The molecule has 7 nitrogen and oxygen atoms in total. The molecule has 0 saturated heterocycles. The van der Waals surface area contributed by atoms with Gasteiger partial charge in [0, 0.05) is 5.56 Å². The minimum Gasteiger partial charge on any atom is -0.544 e. The van der Waals surface area contributed by atoms with Gasteiger partial charge in [0.1, 0.15) is 0 Å². The van der Waals surface area contributed by atoms with Gasteiger partial charge in [-0.15, -0.1) is 11.3 Å². The number of thiophene rings is 1. The van der Waals surface area contributed by atoms with Crippen LogP contribution in [0.1, 0.15) is 31.8 Å². The lowest BCUT2D eigenvalue weighted by Crippen LogP contribution is -2.20. The number of carbonyl (C=O) groups excluding carboxylic acids is 2. The van der Waals surface area contributed by atoms with E-state index >= 15 is 0 Å². The summed E-state index contributed by atoms with van der Waals surface area (Å²) < 4.78 is 10.4. The number of carbonyl (C=O) groups is 2. The van der Waals surface area contributed by atoms with Gasteiger partial charge < -0.3 is 19.4 Å². The third kappa shape index (κ3) is 3.16. The number of nitrogens with zero attached hydrogens (tertiary/aromatic N) is 1. The third-order valence-corrected chi connectivity index (χ3v) is 4.30. The highest BCUT2D eigenvalue weighted by molar-refractivity contribution is 7.15. The Kier molecular flexibility index (Phi) is 3.98. The number of fused-ring (bicyclic) bond motifs is 1. The highest BCUT2D eigenvalue weighted by atomic mass is 32.1. The summed E-state index contributed by atoms with van der Waals surface area (Å²) in [4.78, 5) is 23.6. The third-order valence-electron chi connectivity index (χ3n) is 3.12. The predicted octanol–water partition coefficient (Wildman–Crippen LogP) is 0.994. The van der Waals surface area contributed by atoms with Gasteiger partial charge >= 0.3 is 0 Å². The zero-order valence-corrected chi connectivity index (χ0v) is 12.8. The van der Waals surface area contributed by atoms with Crippen molar-refractivity contribution in [1.29, 1.82) is 0 Å². The van der Waals surface area contributed by atoms with Crippen LogP contribution in [0.4, 0.5) is 0 Å². The molecule has 1 aliphatic rings. The number of carboxylic acids is 1. The van der Waals surface area contributed by atoms with Gasteiger partial charge in [0.05, 0.1) is 21.4 Å². The Morgan fingerprint density at radius 1 is 1.17 bits per heavy atom. The van der Waals surface area contributed by atoms with Crippen LogP contribution in [0.25, 0.3) is 0 Å². The van der Waals surface area contributed by atoms with Crippen molar-refractivity contribution in [3.8, 4) is 11.5 Å². The van der Waals surface area contributed by atoms with E-state index in [9.17, 15) is 14.7 Å². The summed E-state index contributed by atoms with van der Waals surface area (Å²) in [6, 6.07) is 7.88. The smallest absolute Gasteiger partial charge is 0.271 e. The van der Waals surface area contributed by atoms with Crippen molar-refractivity contribution in [3.05, 3.63) is 45.6 Å². The number of nitrogens with one attached hydrogen (secondary N) is 1. The zero-order chi connectivity index (χ0) is 16.4. The molecule has 3 rings (SSSR count). The largest absolute Gasteiger partial charge is 0.544 e. The lowest BCUT2D eigenvalue weighted by Gasteiger charge is -2.03. The van der Waals surface area contributed by atoms with Gasteiger partial charge in [-0.2, -0.15) is 5.10 Å². The van der Waals surface area contributed by atoms with Crippen LogP contribution in [-0.4, -0.2) is 24.4 Å². The highest BCUT2D eigenvalue weighted by Gasteiger charge is 2.16. The van der Waals surface area contributed by atoms with Crippen LogP contribution in [0.2, 0.25) is 0 Å². The van der Waals surface area contributed by atoms with Crippen molar-refractivity contribution in [2.75, 3.05) is 6.79 Å². The Morgan fingerprint density at radius 3 is 2.65 bits per heavy atom. The van der Waals surface area contributed by atoms with Gasteiger partial charge in [-0.3, -0.25) is 4.79 Å². The van der Waals surface area contributed by atoms with Gasteiger partial charge in [0.15, 0.2) is 11.5 Å². The summed E-state index contributed by atoms with van der Waals surface area (Å²) in [6.07, 6.45) is 0. The number of hydrogen-bond acceptors (Lipinski definition) is 7. The maximum Gasteiger partial charge on any atom is 0.271 e. The number of aromatic carboxylic acids is 1. The molecule has 0 bridgehead atoms. The minimum absolute atomic E-state index is 0.108. The van der Waals surface area contributed by atoms with Gasteiger partial charge in [0.25, 0.3) is 5.91 Å². The van der Waals surface area contributed by atoms with E-state index in [0.29, 0.717) is 27.7 Å². The van der Waals surface area contributed by atoms with Crippen molar-refractivity contribution >= 4 is 28.9 Å². The van der Waals surface area contributed by atoms with Gasteiger partial charge in [-0.1, -0.05) is 0 Å². The first-order valence-corrected chi connectivity index (χ1v) is 7.42. The standard InChI is InChI=1S/C15H12N2O5S/c1-8(12-4-5-13(23-12)15(19)20)16-17-14(18)9-2-3-10-11(6-9)22-7-21-10/h2-6H,7H2,1H3,(H,17,18)(H,19,20)/p-1/b16-8-. The topological polar surface area (TPSA) is 100 Å². The maximum absolute atomic E-state index is 12.1. The Labute approximate surface area is 135 Å². The molecule has 2 heterocycles. The van der Waals surface area contributed by atoms with E-state index in [2.05, 4.69) is 10.5 Å². The molecule has 23 heavy (non-hydrogen) atoms. The van der Waals surface area contributed by atoms with E-state index in [-0.39, 0.29) is 11.7 Å². The van der Waals surface area contributed by atoms with Crippen molar-refractivity contribution in [2.24, 2.45) is 5.10 Å². The minimum atomic E-state index is -1.24. The van der Waals surface area contributed by atoms with E-state index in [4.69, 9.17) is 9.47 Å². The second-order valence-electron chi connectivity index (χ2n) is 4.66. The molecule has 0 fully saturated rings. The molecule has 1 amide bonds. The molecule has 118 valence electrons. The Morgan fingerprint density at radius 2 is 1.91 bits per heavy atom. The number of ether oxygens (including phenoxy) is 2. The molecule has 0 saturated carbocycles. The van der Waals surface area contributed by atoms with Crippen molar-refractivity contribution < 1.29 is 24.2 Å². The Bertz CT molecular complexity index is 812. The van der Waals surface area contributed by atoms with Crippen LogP contribution in [0.15, 0.2) is 35.4 Å². The normalized spacial score (nSPS) is 13.0. The summed E-state index contributed by atoms with van der Waals surface area (Å²) in [7, 11) is 0. The summed E-state index contributed by atoms with van der Waals surface area (Å²) in [5.41, 5.74) is 3.30. The van der Waals surface area contributed by atoms with Gasteiger partial charge in [0.2, 0.25) is 6.79 Å². The fraction of sp³-hybridized carbons (Fsp3) is 0.133. The molecule has 0 aliphatic carbocycles. The first kappa shape index (κ1) is 15.0. The van der Waals surface area contributed by atoms with Crippen LogP contribution >= 0.6 is 11.3 Å². The van der Waals surface area contributed by atoms with E-state index in [1.54, 1.807) is 31.2 Å². The fourth-order valence-electron chi connectivity index (χ4n) is 1.93. The van der Waals surface area contributed by atoms with Crippen LogP contribution in [0.3, 0.4) is 0 Å². The summed E-state index contributed by atoms with van der Waals surface area (Å²) >= 11 is 1.03. The number of hydrogen-bond donors (Lipinski definition) is 1. The molecule has 8 heteroatoms. The van der Waals surface area contributed by atoms with E-state index in [1.807, 2.05) is 0 Å². The first-order valence-electron chi connectivity index (χ1n) is 6.60. The van der Waals surface area contributed by atoms with Gasteiger partial charge in [-0.05, 0) is 37.3 Å². The number of benzene rings is 1. The molecule has 1 N–H and O–H groups in total. The Balaban J connectivity index is 1.70.